The van der Waals surface area contributed by atoms with Crippen LogP contribution >= 0.6 is 23.2 Å². The van der Waals surface area contributed by atoms with Gasteiger partial charge >= 0.3 is 0 Å². The maximum absolute atomic E-state index is 6.30. The quantitative estimate of drug-likeness (QED) is 0.721. The minimum atomic E-state index is -0.0842. The second-order valence-corrected chi connectivity index (χ2v) is 5.71. The third kappa shape index (κ3) is 1.74. The number of fused-ring (bicyclic) bond motifs is 1. The molecule has 0 saturated heterocycles. The Kier molecular flexibility index (Phi) is 2.80. The average Bonchev–Trinajstić information content (AvgIpc) is 2.57. The van der Waals surface area contributed by atoms with Gasteiger partial charge in [-0.1, -0.05) is 17.7 Å². The van der Waals surface area contributed by atoms with Crippen LogP contribution in [0.15, 0.2) is 18.2 Å². The highest BCUT2D eigenvalue weighted by Gasteiger charge is 2.27. The molecule has 2 aromatic rings. The first kappa shape index (κ1) is 11.4. The number of hydrogen-bond donors (Lipinski definition) is 0. The van der Waals surface area contributed by atoms with E-state index in [1.165, 1.54) is 19.3 Å². The standard InChI is InChI=1S/C13H14Cl2N2/c1-8(14)13-16-11-7-3-6-10(15)12(11)17(13)9-4-2-5-9/h3,6-9H,2,4-5H2,1H3. The number of aromatic nitrogens is 2. The van der Waals surface area contributed by atoms with Crippen molar-refractivity contribution in [3.63, 3.8) is 0 Å². The number of para-hydroxylation sites is 1. The third-order valence-electron chi connectivity index (χ3n) is 3.48. The monoisotopic (exact) mass is 268 g/mol. The molecule has 2 nitrogen and oxygen atoms in total. The Hall–Kier alpha value is -0.730. The Morgan fingerprint density at radius 2 is 2.18 bits per heavy atom. The second kappa shape index (κ2) is 4.18. The van der Waals surface area contributed by atoms with Gasteiger partial charge in [0.2, 0.25) is 0 Å². The highest BCUT2D eigenvalue weighted by Crippen LogP contribution is 2.39. The van der Waals surface area contributed by atoms with Gasteiger partial charge in [0.15, 0.2) is 0 Å². The molecule has 0 amide bonds. The van der Waals surface area contributed by atoms with Crippen LogP contribution in [-0.2, 0) is 0 Å². The Labute approximate surface area is 111 Å². The van der Waals surface area contributed by atoms with E-state index in [4.69, 9.17) is 23.2 Å². The van der Waals surface area contributed by atoms with Gasteiger partial charge in [0.1, 0.15) is 5.82 Å². The van der Waals surface area contributed by atoms with Crippen LogP contribution in [0.3, 0.4) is 0 Å². The second-order valence-electron chi connectivity index (χ2n) is 4.65. The smallest absolute Gasteiger partial charge is 0.128 e. The van der Waals surface area contributed by atoms with Gasteiger partial charge in [-0.3, -0.25) is 0 Å². The van der Waals surface area contributed by atoms with Crippen LogP contribution in [0, 0.1) is 0 Å². The summed E-state index contributed by atoms with van der Waals surface area (Å²) in [5.74, 6) is 0.944. The predicted molar refractivity (Wildman–Crippen MR) is 71.9 cm³/mol. The lowest BCUT2D eigenvalue weighted by molar-refractivity contribution is 0.313. The molecule has 1 heterocycles. The lowest BCUT2D eigenvalue weighted by Gasteiger charge is -2.29. The molecule has 1 aliphatic carbocycles. The summed E-state index contributed by atoms with van der Waals surface area (Å²) in [5.41, 5.74) is 1.99. The molecule has 90 valence electrons. The van der Waals surface area contributed by atoms with E-state index < -0.39 is 0 Å². The fraction of sp³-hybridized carbons (Fsp3) is 0.462. The fourth-order valence-electron chi connectivity index (χ4n) is 2.42. The Bertz CT molecular complexity index is 556. The summed E-state index contributed by atoms with van der Waals surface area (Å²) in [4.78, 5) is 4.62. The minimum absolute atomic E-state index is 0.0842. The zero-order valence-electron chi connectivity index (χ0n) is 9.66. The molecule has 4 heteroatoms. The number of benzene rings is 1. The first-order valence-corrected chi connectivity index (χ1v) is 6.80. The molecule has 1 aromatic heterocycles. The fourth-order valence-corrected chi connectivity index (χ4v) is 2.83. The van der Waals surface area contributed by atoms with Crippen LogP contribution in [0.2, 0.25) is 5.02 Å². The predicted octanol–water partition coefficient (Wildman–Crippen LogP) is 4.71. The molecule has 0 bridgehead atoms. The number of halogens is 2. The molecule has 3 rings (SSSR count). The topological polar surface area (TPSA) is 17.8 Å². The number of hydrogen-bond acceptors (Lipinski definition) is 1. The molecule has 1 unspecified atom stereocenters. The van der Waals surface area contributed by atoms with Crippen LogP contribution in [0.5, 0.6) is 0 Å². The van der Waals surface area contributed by atoms with E-state index in [1.807, 2.05) is 25.1 Å². The molecule has 17 heavy (non-hydrogen) atoms. The van der Waals surface area contributed by atoms with Crippen molar-refractivity contribution >= 4 is 34.2 Å². The summed E-state index contributed by atoms with van der Waals surface area (Å²) in [6.45, 7) is 1.96. The SMILES string of the molecule is CC(Cl)c1nc2cccc(Cl)c2n1C1CCC1. The number of alkyl halides is 1. The number of imidazole rings is 1. The molecule has 1 fully saturated rings. The van der Waals surface area contributed by atoms with Crippen LogP contribution < -0.4 is 0 Å². The maximum Gasteiger partial charge on any atom is 0.128 e. The lowest BCUT2D eigenvalue weighted by atomic mass is 9.92. The maximum atomic E-state index is 6.30. The highest BCUT2D eigenvalue weighted by atomic mass is 35.5. The largest absolute Gasteiger partial charge is 0.322 e. The molecule has 1 atom stereocenters. The highest BCUT2D eigenvalue weighted by molar-refractivity contribution is 6.35. The molecule has 1 aliphatic rings. The van der Waals surface area contributed by atoms with Gasteiger partial charge < -0.3 is 4.57 Å². The van der Waals surface area contributed by atoms with E-state index in [9.17, 15) is 0 Å². The molecule has 0 spiro atoms. The summed E-state index contributed by atoms with van der Waals surface area (Å²) >= 11 is 12.5. The van der Waals surface area contributed by atoms with Crippen molar-refractivity contribution in [2.45, 2.75) is 37.6 Å². The molecule has 1 aromatic carbocycles. The first-order valence-electron chi connectivity index (χ1n) is 5.99. The normalized spacial score (nSPS) is 18.3. The van der Waals surface area contributed by atoms with Crippen LogP contribution in [0.1, 0.15) is 43.4 Å². The van der Waals surface area contributed by atoms with Crippen molar-refractivity contribution in [2.75, 3.05) is 0 Å². The van der Waals surface area contributed by atoms with E-state index in [0.717, 1.165) is 21.9 Å². The van der Waals surface area contributed by atoms with E-state index in [2.05, 4.69) is 9.55 Å². The Balaban J connectivity index is 2.29. The summed E-state index contributed by atoms with van der Waals surface area (Å²) in [6, 6.07) is 6.38. The summed E-state index contributed by atoms with van der Waals surface area (Å²) in [7, 11) is 0. The van der Waals surface area contributed by atoms with Crippen LogP contribution in [-0.4, -0.2) is 9.55 Å². The van der Waals surface area contributed by atoms with Gasteiger partial charge in [-0.2, -0.15) is 0 Å². The number of rotatable bonds is 2. The van der Waals surface area contributed by atoms with Gasteiger partial charge in [-0.25, -0.2) is 4.98 Å². The molecular weight excluding hydrogens is 255 g/mol. The Morgan fingerprint density at radius 3 is 2.76 bits per heavy atom. The lowest BCUT2D eigenvalue weighted by Crippen LogP contribution is -2.19. The summed E-state index contributed by atoms with van der Waals surface area (Å²) in [6.07, 6.45) is 3.69. The van der Waals surface area contributed by atoms with Gasteiger partial charge in [-0.15, -0.1) is 11.6 Å². The van der Waals surface area contributed by atoms with Gasteiger partial charge in [0.05, 0.1) is 21.4 Å². The minimum Gasteiger partial charge on any atom is -0.322 e. The summed E-state index contributed by atoms with van der Waals surface area (Å²) in [5, 5.41) is 0.685. The van der Waals surface area contributed by atoms with Gasteiger partial charge in [0.25, 0.3) is 0 Å². The third-order valence-corrected chi connectivity index (χ3v) is 3.98. The van der Waals surface area contributed by atoms with E-state index in [1.54, 1.807) is 0 Å². The van der Waals surface area contributed by atoms with E-state index in [-0.39, 0.29) is 5.38 Å². The molecule has 1 saturated carbocycles. The molecule has 0 N–H and O–H groups in total. The first-order chi connectivity index (χ1) is 8.18. The van der Waals surface area contributed by atoms with Gasteiger partial charge in [0, 0.05) is 6.04 Å². The zero-order chi connectivity index (χ0) is 12.0. The van der Waals surface area contributed by atoms with Crippen LogP contribution in [0.25, 0.3) is 11.0 Å². The molecule has 0 radical (unpaired) electrons. The van der Waals surface area contributed by atoms with E-state index in [0.29, 0.717) is 6.04 Å². The van der Waals surface area contributed by atoms with Crippen molar-refractivity contribution in [1.29, 1.82) is 0 Å². The van der Waals surface area contributed by atoms with Crippen molar-refractivity contribution < 1.29 is 0 Å². The zero-order valence-corrected chi connectivity index (χ0v) is 11.2. The molecular formula is C13H14Cl2N2. The molecule has 0 aliphatic heterocycles. The van der Waals surface area contributed by atoms with Crippen molar-refractivity contribution in [2.24, 2.45) is 0 Å². The Morgan fingerprint density at radius 1 is 1.41 bits per heavy atom. The van der Waals surface area contributed by atoms with Crippen molar-refractivity contribution in [1.82, 2.24) is 9.55 Å². The van der Waals surface area contributed by atoms with E-state index >= 15 is 0 Å². The van der Waals surface area contributed by atoms with Gasteiger partial charge in [-0.05, 0) is 38.3 Å². The summed E-state index contributed by atoms with van der Waals surface area (Å²) < 4.78 is 2.25. The average molecular weight is 269 g/mol. The van der Waals surface area contributed by atoms with Crippen molar-refractivity contribution in [3.05, 3.63) is 29.0 Å². The number of nitrogens with zero attached hydrogens (tertiary/aromatic N) is 2. The van der Waals surface area contributed by atoms with Crippen molar-refractivity contribution in [3.8, 4) is 0 Å². The van der Waals surface area contributed by atoms with Crippen LogP contribution in [0.4, 0.5) is 0 Å².